The van der Waals surface area contributed by atoms with Crippen LogP contribution in [0.5, 0.6) is 0 Å². The molecule has 120 valence electrons. The van der Waals surface area contributed by atoms with Gasteiger partial charge in [-0.3, -0.25) is 0 Å². The Bertz CT molecular complexity index is 452. The average Bonchev–Trinajstić information content (AvgIpc) is 2.91. The van der Waals surface area contributed by atoms with E-state index in [0.29, 0.717) is 12.5 Å². The van der Waals surface area contributed by atoms with Gasteiger partial charge in [-0.15, -0.1) is 11.3 Å². The second-order valence-electron chi connectivity index (χ2n) is 5.83. The summed E-state index contributed by atoms with van der Waals surface area (Å²) in [6.07, 6.45) is 2.13. The van der Waals surface area contributed by atoms with Crippen molar-refractivity contribution in [2.45, 2.75) is 51.8 Å². The molecule has 0 aliphatic heterocycles. The van der Waals surface area contributed by atoms with Gasteiger partial charge in [-0.2, -0.15) is 11.8 Å². The maximum absolute atomic E-state index is 4.63. The van der Waals surface area contributed by atoms with E-state index >= 15 is 0 Å². The van der Waals surface area contributed by atoms with Crippen LogP contribution in [-0.4, -0.2) is 35.0 Å². The van der Waals surface area contributed by atoms with Gasteiger partial charge in [0.05, 0.1) is 12.2 Å². The van der Waals surface area contributed by atoms with Crippen LogP contribution in [0.3, 0.4) is 0 Å². The van der Waals surface area contributed by atoms with Crippen molar-refractivity contribution in [3.8, 4) is 0 Å². The number of guanidine groups is 1. The lowest BCUT2D eigenvalue weighted by Crippen LogP contribution is -2.43. The predicted molar refractivity (Wildman–Crippen MR) is 96.6 cm³/mol. The third kappa shape index (κ3) is 6.70. The standard InChI is InChI=1S/C15H28N4S2/c1-7-16-14(18-10-15(4,5)20-6)17-8-13-19-12(9-21-13)11(2)3/h9,11H,7-8,10H2,1-6H3,(H2,16,17,18). The highest BCUT2D eigenvalue weighted by molar-refractivity contribution is 7.99. The fraction of sp³-hybridized carbons (Fsp3) is 0.733. The molecule has 0 amide bonds. The van der Waals surface area contributed by atoms with Crippen molar-refractivity contribution in [3.05, 3.63) is 16.1 Å². The second-order valence-corrected chi connectivity index (χ2v) is 8.29. The summed E-state index contributed by atoms with van der Waals surface area (Å²) >= 11 is 3.54. The third-order valence-corrected chi connectivity index (χ3v) is 5.21. The first kappa shape index (κ1) is 18.3. The molecule has 0 atom stereocenters. The van der Waals surface area contributed by atoms with Gasteiger partial charge in [-0.1, -0.05) is 13.8 Å². The molecule has 1 heterocycles. The lowest BCUT2D eigenvalue weighted by atomic mass is 10.2. The van der Waals surface area contributed by atoms with Crippen LogP contribution in [0.1, 0.15) is 51.2 Å². The van der Waals surface area contributed by atoms with Gasteiger partial charge in [-0.05, 0) is 32.9 Å². The van der Waals surface area contributed by atoms with Crippen molar-refractivity contribution in [3.63, 3.8) is 0 Å². The quantitative estimate of drug-likeness (QED) is 0.594. The first-order valence-corrected chi connectivity index (χ1v) is 9.50. The molecular weight excluding hydrogens is 300 g/mol. The monoisotopic (exact) mass is 328 g/mol. The molecule has 0 bridgehead atoms. The summed E-state index contributed by atoms with van der Waals surface area (Å²) in [5, 5.41) is 9.89. The number of aromatic nitrogens is 1. The zero-order valence-corrected chi connectivity index (χ0v) is 15.6. The van der Waals surface area contributed by atoms with Gasteiger partial charge in [-0.25, -0.2) is 9.98 Å². The summed E-state index contributed by atoms with van der Waals surface area (Å²) in [6, 6.07) is 0. The molecule has 0 saturated carbocycles. The number of hydrogen-bond acceptors (Lipinski definition) is 4. The number of nitrogens with zero attached hydrogens (tertiary/aromatic N) is 2. The topological polar surface area (TPSA) is 49.3 Å². The molecule has 0 spiro atoms. The van der Waals surface area contributed by atoms with E-state index in [0.717, 1.165) is 29.8 Å². The van der Waals surface area contributed by atoms with Crippen molar-refractivity contribution < 1.29 is 0 Å². The number of rotatable bonds is 7. The second kappa shape index (κ2) is 8.63. The largest absolute Gasteiger partial charge is 0.357 e. The predicted octanol–water partition coefficient (Wildman–Crippen LogP) is 3.46. The zero-order chi connectivity index (χ0) is 15.9. The summed E-state index contributed by atoms with van der Waals surface area (Å²) in [7, 11) is 0. The van der Waals surface area contributed by atoms with Gasteiger partial charge in [0.15, 0.2) is 5.96 Å². The van der Waals surface area contributed by atoms with Gasteiger partial charge in [0.1, 0.15) is 5.01 Å². The molecule has 0 aliphatic carbocycles. The maximum atomic E-state index is 4.63. The number of aliphatic imine (C=N–C) groups is 1. The van der Waals surface area contributed by atoms with Crippen molar-refractivity contribution in [2.75, 3.05) is 19.3 Å². The Kier molecular flexibility index (Phi) is 7.52. The van der Waals surface area contributed by atoms with E-state index < -0.39 is 0 Å². The minimum Gasteiger partial charge on any atom is -0.357 e. The minimum atomic E-state index is 0.197. The molecule has 6 heteroatoms. The number of thiazole rings is 1. The highest BCUT2D eigenvalue weighted by atomic mass is 32.2. The molecule has 0 radical (unpaired) electrons. The molecule has 0 fully saturated rings. The van der Waals surface area contributed by atoms with E-state index in [1.807, 2.05) is 11.8 Å². The van der Waals surface area contributed by atoms with Crippen LogP contribution < -0.4 is 10.6 Å². The summed E-state index contributed by atoms with van der Waals surface area (Å²) in [6.45, 7) is 13.2. The van der Waals surface area contributed by atoms with Crippen molar-refractivity contribution >= 4 is 29.1 Å². The molecule has 0 aromatic carbocycles. The molecule has 1 rings (SSSR count). The molecule has 4 nitrogen and oxygen atoms in total. The van der Waals surface area contributed by atoms with E-state index in [1.165, 1.54) is 0 Å². The molecule has 0 aliphatic rings. The van der Waals surface area contributed by atoms with E-state index in [2.05, 4.69) is 66.9 Å². The van der Waals surface area contributed by atoms with E-state index in [9.17, 15) is 0 Å². The van der Waals surface area contributed by atoms with Crippen LogP contribution in [0.25, 0.3) is 0 Å². The molecule has 2 N–H and O–H groups in total. The normalized spacial score (nSPS) is 12.8. The van der Waals surface area contributed by atoms with Crippen molar-refractivity contribution in [1.29, 1.82) is 0 Å². The zero-order valence-electron chi connectivity index (χ0n) is 14.0. The average molecular weight is 329 g/mol. The molecule has 1 aromatic heterocycles. The van der Waals surface area contributed by atoms with Gasteiger partial charge >= 0.3 is 0 Å². The van der Waals surface area contributed by atoms with E-state index in [-0.39, 0.29) is 4.75 Å². The summed E-state index contributed by atoms with van der Waals surface area (Å²) < 4.78 is 0.197. The first-order valence-electron chi connectivity index (χ1n) is 7.39. The molecular formula is C15H28N4S2. The molecule has 1 aromatic rings. The Labute approximate surface area is 137 Å². The Morgan fingerprint density at radius 1 is 1.43 bits per heavy atom. The summed E-state index contributed by atoms with van der Waals surface area (Å²) in [5.41, 5.74) is 1.16. The number of nitrogens with one attached hydrogen (secondary N) is 2. The molecule has 0 unspecified atom stereocenters. The number of thioether (sulfide) groups is 1. The fourth-order valence-electron chi connectivity index (χ4n) is 1.52. The van der Waals surface area contributed by atoms with Crippen LogP contribution in [0.2, 0.25) is 0 Å². The van der Waals surface area contributed by atoms with Crippen molar-refractivity contribution in [2.24, 2.45) is 4.99 Å². The van der Waals surface area contributed by atoms with Crippen molar-refractivity contribution in [1.82, 2.24) is 15.6 Å². The van der Waals surface area contributed by atoms with E-state index in [1.54, 1.807) is 11.3 Å². The molecule has 21 heavy (non-hydrogen) atoms. The fourth-order valence-corrected chi connectivity index (χ4v) is 2.62. The Balaban J connectivity index is 2.62. The van der Waals surface area contributed by atoms with E-state index in [4.69, 9.17) is 0 Å². The SMILES string of the molecule is CCNC(=NCc1nc(C(C)C)cs1)NCC(C)(C)SC. The van der Waals surface area contributed by atoms with Crippen LogP contribution in [0.4, 0.5) is 0 Å². The van der Waals surface area contributed by atoms with Crippen LogP contribution in [0.15, 0.2) is 10.4 Å². The van der Waals surface area contributed by atoms with Gasteiger partial charge in [0, 0.05) is 23.2 Å². The van der Waals surface area contributed by atoms with Crippen LogP contribution in [0, 0.1) is 0 Å². The third-order valence-electron chi connectivity index (χ3n) is 3.11. The first-order chi connectivity index (χ1) is 9.88. The smallest absolute Gasteiger partial charge is 0.191 e. The summed E-state index contributed by atoms with van der Waals surface area (Å²) in [5.74, 6) is 1.34. The van der Waals surface area contributed by atoms with Gasteiger partial charge < -0.3 is 10.6 Å². The Morgan fingerprint density at radius 3 is 2.67 bits per heavy atom. The van der Waals surface area contributed by atoms with Gasteiger partial charge in [0.25, 0.3) is 0 Å². The summed E-state index contributed by atoms with van der Waals surface area (Å²) in [4.78, 5) is 9.25. The highest BCUT2D eigenvalue weighted by Gasteiger charge is 2.16. The maximum Gasteiger partial charge on any atom is 0.191 e. The van der Waals surface area contributed by atoms with Crippen LogP contribution in [-0.2, 0) is 6.54 Å². The highest BCUT2D eigenvalue weighted by Crippen LogP contribution is 2.20. The number of hydrogen-bond donors (Lipinski definition) is 2. The molecule has 0 saturated heterocycles. The van der Waals surface area contributed by atoms with Gasteiger partial charge in [0.2, 0.25) is 0 Å². The lowest BCUT2D eigenvalue weighted by molar-refractivity contribution is 0.664. The minimum absolute atomic E-state index is 0.197. The Hall–Kier alpha value is -0.750. The van der Waals surface area contributed by atoms with Crippen LogP contribution >= 0.6 is 23.1 Å². The Morgan fingerprint density at radius 2 is 2.14 bits per heavy atom. The lowest BCUT2D eigenvalue weighted by Gasteiger charge is -2.23.